The number of carbonyl (C=O) groups excluding carboxylic acids is 1. The number of imidazole rings is 1. The first-order valence-electron chi connectivity index (χ1n) is 11.3. The van der Waals surface area contributed by atoms with Crippen molar-refractivity contribution >= 4 is 16.9 Å². The van der Waals surface area contributed by atoms with Crippen LogP contribution in [-0.4, -0.2) is 28.0 Å². The van der Waals surface area contributed by atoms with E-state index < -0.39 is 0 Å². The fourth-order valence-electron chi connectivity index (χ4n) is 4.76. The Balaban J connectivity index is 1.49. The molecule has 5 nitrogen and oxygen atoms in total. The third kappa shape index (κ3) is 4.11. The summed E-state index contributed by atoms with van der Waals surface area (Å²) in [6, 6.07) is 8.46. The second-order valence-electron chi connectivity index (χ2n) is 9.75. The van der Waals surface area contributed by atoms with Crippen molar-refractivity contribution in [2.75, 3.05) is 0 Å². The number of nitriles is 1. The number of aromatic amines is 1. The monoisotopic (exact) mass is 425 g/mol. The molecule has 3 heterocycles. The van der Waals surface area contributed by atoms with Crippen LogP contribution in [0.1, 0.15) is 72.5 Å². The van der Waals surface area contributed by atoms with Gasteiger partial charge in [0, 0.05) is 12.8 Å². The summed E-state index contributed by atoms with van der Waals surface area (Å²) in [5.74, 6) is 0.134. The zero-order valence-electron chi connectivity index (χ0n) is 18.5. The molecule has 5 heteroatoms. The number of ketones is 1. The zero-order chi connectivity index (χ0) is 22.3. The van der Waals surface area contributed by atoms with Crippen LogP contribution in [-0.2, 0) is 11.2 Å². The number of nitrogens with one attached hydrogen (secondary N) is 1. The Hall–Kier alpha value is -3.23. The van der Waals surface area contributed by atoms with Gasteiger partial charge in [-0.2, -0.15) is 5.26 Å². The first-order chi connectivity index (χ1) is 15.4. The van der Waals surface area contributed by atoms with E-state index in [1.807, 2.05) is 6.07 Å². The summed E-state index contributed by atoms with van der Waals surface area (Å²) in [5, 5.41) is 9.02. The zero-order valence-corrected chi connectivity index (χ0v) is 18.5. The topological polar surface area (TPSA) is 78.8 Å². The standard InChI is InChI=1S/C27H27N3O2/c1-27(2)9-7-17(8-10-27)24-13-18(20-11-22-5-6-23(12-20)32-22)3-4-19(24)14-25(31)26-29-16-21(15-28)30-26/h3-7,11,13,16,22-23H,8-10,12,14H2,1-2H3,(H,29,30)/t22-,23+/m0/s1. The highest BCUT2D eigenvalue weighted by Gasteiger charge is 2.27. The molecular formula is C27H27N3O2. The predicted molar refractivity (Wildman–Crippen MR) is 124 cm³/mol. The Bertz CT molecular complexity index is 1210. The lowest BCUT2D eigenvalue weighted by Gasteiger charge is -2.30. The van der Waals surface area contributed by atoms with Gasteiger partial charge in [0.05, 0.1) is 18.4 Å². The van der Waals surface area contributed by atoms with E-state index in [0.717, 1.165) is 36.8 Å². The van der Waals surface area contributed by atoms with Gasteiger partial charge in [-0.05, 0) is 64.7 Å². The number of benzene rings is 1. The molecule has 0 fully saturated rings. The van der Waals surface area contributed by atoms with Crippen molar-refractivity contribution in [2.45, 2.75) is 58.2 Å². The molecule has 1 aromatic carbocycles. The van der Waals surface area contributed by atoms with Crippen LogP contribution in [0.4, 0.5) is 0 Å². The van der Waals surface area contributed by atoms with Gasteiger partial charge >= 0.3 is 0 Å². The molecule has 2 atom stereocenters. The Kier molecular flexibility index (Phi) is 5.19. The molecule has 0 amide bonds. The van der Waals surface area contributed by atoms with Gasteiger partial charge in [0.25, 0.3) is 0 Å². The number of aromatic nitrogens is 2. The van der Waals surface area contributed by atoms with Crippen LogP contribution >= 0.6 is 0 Å². The molecule has 2 aromatic rings. The van der Waals surface area contributed by atoms with Gasteiger partial charge < -0.3 is 9.72 Å². The summed E-state index contributed by atoms with van der Waals surface area (Å²) in [4.78, 5) is 19.8. The molecule has 0 saturated heterocycles. The molecule has 162 valence electrons. The van der Waals surface area contributed by atoms with Crippen LogP contribution in [0, 0.1) is 16.7 Å². The van der Waals surface area contributed by atoms with Crippen LogP contribution in [0.5, 0.6) is 0 Å². The molecule has 2 aliphatic heterocycles. The van der Waals surface area contributed by atoms with Gasteiger partial charge in [-0.1, -0.05) is 44.2 Å². The van der Waals surface area contributed by atoms with Crippen LogP contribution in [0.25, 0.3) is 11.1 Å². The minimum atomic E-state index is -0.107. The summed E-state index contributed by atoms with van der Waals surface area (Å²) in [5.41, 5.74) is 6.60. The SMILES string of the molecule is CC1(C)CC=C(c2cc(C3=C[C@@H]4C=C[C@H](C3)O4)ccc2CC(=O)c2ncc(C#N)[nH]2)CC1. The molecule has 0 spiro atoms. The van der Waals surface area contributed by atoms with E-state index in [1.54, 1.807) is 0 Å². The number of H-pyrrole nitrogens is 1. The molecule has 3 aliphatic rings. The second kappa shape index (κ2) is 8.03. The third-order valence-corrected chi connectivity index (χ3v) is 6.74. The van der Waals surface area contributed by atoms with Gasteiger partial charge in [0.2, 0.25) is 5.78 Å². The molecule has 32 heavy (non-hydrogen) atoms. The Morgan fingerprint density at radius 2 is 2.19 bits per heavy atom. The quantitative estimate of drug-likeness (QED) is 0.513. The molecule has 0 unspecified atom stereocenters. The molecular weight excluding hydrogens is 398 g/mol. The Labute approximate surface area is 188 Å². The van der Waals surface area contributed by atoms with E-state index >= 15 is 0 Å². The largest absolute Gasteiger partial charge is 0.362 e. The lowest BCUT2D eigenvalue weighted by atomic mass is 9.76. The van der Waals surface area contributed by atoms with Gasteiger partial charge in [0.15, 0.2) is 5.82 Å². The lowest BCUT2D eigenvalue weighted by Crippen LogP contribution is -2.17. The number of allylic oxidation sites excluding steroid dienone is 2. The van der Waals surface area contributed by atoms with Crippen LogP contribution < -0.4 is 0 Å². The summed E-state index contributed by atoms with van der Waals surface area (Å²) in [7, 11) is 0. The maximum absolute atomic E-state index is 12.9. The van der Waals surface area contributed by atoms with Crippen molar-refractivity contribution in [3.8, 4) is 6.07 Å². The number of Topliss-reactive ketones (excluding diaryl/α,β-unsaturated/α-hetero) is 1. The van der Waals surface area contributed by atoms with E-state index in [2.05, 4.69) is 66.3 Å². The van der Waals surface area contributed by atoms with Crippen molar-refractivity contribution in [2.24, 2.45) is 5.41 Å². The van der Waals surface area contributed by atoms with Gasteiger partial charge in [-0.15, -0.1) is 0 Å². The summed E-state index contributed by atoms with van der Waals surface area (Å²) >= 11 is 0. The van der Waals surface area contributed by atoms with Crippen molar-refractivity contribution in [1.29, 1.82) is 5.26 Å². The van der Waals surface area contributed by atoms with E-state index in [4.69, 9.17) is 10.00 Å². The predicted octanol–water partition coefficient (Wildman–Crippen LogP) is 5.41. The molecule has 2 bridgehead atoms. The van der Waals surface area contributed by atoms with E-state index in [-0.39, 0.29) is 30.2 Å². The van der Waals surface area contributed by atoms with Crippen molar-refractivity contribution in [1.82, 2.24) is 9.97 Å². The van der Waals surface area contributed by atoms with Crippen molar-refractivity contribution < 1.29 is 9.53 Å². The number of carbonyl (C=O) groups is 1. The summed E-state index contributed by atoms with van der Waals surface area (Å²) in [6.45, 7) is 4.61. The van der Waals surface area contributed by atoms with E-state index in [0.29, 0.717) is 11.1 Å². The number of ether oxygens (including phenoxy) is 1. The first-order valence-corrected chi connectivity index (χ1v) is 11.3. The van der Waals surface area contributed by atoms with Crippen LogP contribution in [0.3, 0.4) is 0 Å². The maximum Gasteiger partial charge on any atom is 0.202 e. The normalized spacial score (nSPS) is 23.4. The van der Waals surface area contributed by atoms with Crippen LogP contribution in [0.2, 0.25) is 0 Å². The molecule has 1 aliphatic carbocycles. The number of rotatable bonds is 5. The maximum atomic E-state index is 12.9. The molecule has 0 saturated carbocycles. The van der Waals surface area contributed by atoms with Crippen molar-refractivity contribution in [3.63, 3.8) is 0 Å². The van der Waals surface area contributed by atoms with Gasteiger partial charge in [0.1, 0.15) is 11.8 Å². The molecule has 1 aromatic heterocycles. The molecule has 5 rings (SSSR count). The number of hydrogen-bond acceptors (Lipinski definition) is 4. The molecule has 0 radical (unpaired) electrons. The lowest BCUT2D eigenvalue weighted by molar-refractivity contribution is 0.0829. The Morgan fingerprint density at radius 3 is 2.91 bits per heavy atom. The van der Waals surface area contributed by atoms with E-state index in [9.17, 15) is 4.79 Å². The molecule has 1 N–H and O–H groups in total. The first kappa shape index (κ1) is 20.7. The average Bonchev–Trinajstić information content (AvgIpc) is 3.40. The Morgan fingerprint density at radius 1 is 1.31 bits per heavy atom. The minimum absolute atomic E-state index is 0.0661. The highest BCUT2D eigenvalue weighted by Crippen LogP contribution is 2.40. The van der Waals surface area contributed by atoms with Gasteiger partial charge in [-0.3, -0.25) is 4.79 Å². The fourth-order valence-corrected chi connectivity index (χ4v) is 4.76. The van der Waals surface area contributed by atoms with Crippen LogP contribution in [0.15, 0.2) is 48.7 Å². The second-order valence-corrected chi connectivity index (χ2v) is 9.75. The highest BCUT2D eigenvalue weighted by atomic mass is 16.5. The number of fused-ring (bicyclic) bond motifs is 2. The number of hydrogen-bond donors (Lipinski definition) is 1. The van der Waals surface area contributed by atoms with Crippen molar-refractivity contribution in [3.05, 3.63) is 76.9 Å². The fraction of sp³-hybridized carbons (Fsp3) is 0.370. The van der Waals surface area contributed by atoms with Gasteiger partial charge in [-0.25, -0.2) is 4.98 Å². The smallest absolute Gasteiger partial charge is 0.202 e. The highest BCUT2D eigenvalue weighted by molar-refractivity contribution is 5.95. The average molecular weight is 426 g/mol. The summed E-state index contributed by atoms with van der Waals surface area (Å²) < 4.78 is 5.88. The third-order valence-electron chi connectivity index (χ3n) is 6.74. The minimum Gasteiger partial charge on any atom is -0.362 e. The van der Waals surface area contributed by atoms with E-state index in [1.165, 1.54) is 22.9 Å². The summed E-state index contributed by atoms with van der Waals surface area (Å²) in [6.07, 6.45) is 14.7. The number of nitrogens with zero attached hydrogens (tertiary/aromatic N) is 2.